The number of benzene rings is 2. The molecule has 2 aromatic carbocycles. The predicted octanol–water partition coefficient (Wildman–Crippen LogP) is 2.76. The van der Waals surface area contributed by atoms with Gasteiger partial charge in [0, 0.05) is 0 Å². The van der Waals surface area contributed by atoms with Crippen molar-refractivity contribution in [1.29, 1.82) is 0 Å². The van der Waals surface area contributed by atoms with Crippen molar-refractivity contribution in [2.24, 2.45) is 0 Å². The molecule has 0 saturated heterocycles. The van der Waals surface area contributed by atoms with E-state index >= 15 is 0 Å². The van der Waals surface area contributed by atoms with Gasteiger partial charge < -0.3 is 14.8 Å². The number of phenols is 1. The molecule has 2 heterocycles. The number of aromatic hydroxyl groups is 1. The Morgan fingerprint density at radius 1 is 1.14 bits per heavy atom. The maximum absolute atomic E-state index is 13.7. The van der Waals surface area contributed by atoms with E-state index in [0.29, 0.717) is 23.5 Å². The highest BCUT2D eigenvalue weighted by Gasteiger charge is 2.16. The summed E-state index contributed by atoms with van der Waals surface area (Å²) in [4.78, 5) is 19.0. The van der Waals surface area contributed by atoms with Crippen LogP contribution in [0.15, 0.2) is 35.1 Å². The highest BCUT2D eigenvalue weighted by Crippen LogP contribution is 2.34. The molecule has 10 heteroatoms. The van der Waals surface area contributed by atoms with Crippen LogP contribution in [0.5, 0.6) is 11.5 Å². The first-order valence-corrected chi connectivity index (χ1v) is 8.24. The molecule has 4 rings (SSSR count). The van der Waals surface area contributed by atoms with Gasteiger partial charge in [-0.3, -0.25) is 4.79 Å². The number of H-pyrrole nitrogens is 2. The molecule has 0 fully saturated rings. The number of aromatic amines is 2. The number of hydrogen-bond donors (Lipinski definition) is 3. The van der Waals surface area contributed by atoms with Gasteiger partial charge in [0.15, 0.2) is 28.5 Å². The van der Waals surface area contributed by atoms with Crippen molar-refractivity contribution in [1.82, 2.24) is 25.4 Å². The van der Waals surface area contributed by atoms with Gasteiger partial charge >= 0.3 is 0 Å². The Hall–Kier alpha value is -3.82. The van der Waals surface area contributed by atoms with E-state index in [4.69, 9.17) is 4.74 Å². The zero-order chi connectivity index (χ0) is 19.8. The van der Waals surface area contributed by atoms with E-state index in [1.807, 2.05) is 0 Å². The summed E-state index contributed by atoms with van der Waals surface area (Å²) in [6.45, 7) is 2.08. The third kappa shape index (κ3) is 2.94. The molecule has 0 aliphatic carbocycles. The first-order chi connectivity index (χ1) is 13.5. The summed E-state index contributed by atoms with van der Waals surface area (Å²) in [6, 6.07) is 6.81. The van der Waals surface area contributed by atoms with E-state index in [9.17, 15) is 18.7 Å². The molecule has 0 bridgehead atoms. The molecule has 4 aromatic rings. The van der Waals surface area contributed by atoms with Crippen LogP contribution in [-0.2, 0) is 0 Å². The number of fused-ring (bicyclic) bond motifs is 1. The van der Waals surface area contributed by atoms with Gasteiger partial charge in [-0.25, -0.2) is 18.9 Å². The van der Waals surface area contributed by atoms with E-state index in [-0.39, 0.29) is 22.6 Å². The van der Waals surface area contributed by atoms with Crippen LogP contribution >= 0.6 is 0 Å². The molecule has 0 aliphatic heterocycles. The molecule has 142 valence electrons. The van der Waals surface area contributed by atoms with Crippen LogP contribution in [0, 0.1) is 11.6 Å². The van der Waals surface area contributed by atoms with Crippen LogP contribution in [0.25, 0.3) is 33.7 Å². The van der Waals surface area contributed by atoms with Gasteiger partial charge in [0.25, 0.3) is 5.56 Å². The Morgan fingerprint density at radius 3 is 2.61 bits per heavy atom. The molecular formula is C18H13F2N5O3. The van der Waals surface area contributed by atoms with Crippen molar-refractivity contribution in [3.63, 3.8) is 0 Å². The first kappa shape index (κ1) is 17.6. The molecule has 0 unspecified atom stereocenters. The highest BCUT2D eigenvalue weighted by atomic mass is 19.1. The van der Waals surface area contributed by atoms with E-state index in [1.165, 1.54) is 0 Å². The molecule has 2 aromatic heterocycles. The third-order valence-corrected chi connectivity index (χ3v) is 4.09. The summed E-state index contributed by atoms with van der Waals surface area (Å²) in [6.07, 6.45) is 0. The third-order valence-electron chi connectivity index (χ3n) is 4.09. The summed E-state index contributed by atoms with van der Waals surface area (Å²) in [7, 11) is 0. The summed E-state index contributed by atoms with van der Waals surface area (Å²) >= 11 is 0. The number of nitrogens with one attached hydrogen (secondary N) is 2. The minimum absolute atomic E-state index is 0.0772. The lowest BCUT2D eigenvalue weighted by Gasteiger charge is -2.12. The number of phenolic OH excluding ortho intramolecular Hbond substituents is 1. The zero-order valence-corrected chi connectivity index (χ0v) is 14.5. The largest absolute Gasteiger partial charge is 0.503 e. The number of ether oxygens (including phenoxy) is 1. The smallest absolute Gasteiger partial charge is 0.281 e. The lowest BCUT2D eigenvalue weighted by atomic mass is 10.0. The minimum Gasteiger partial charge on any atom is -0.503 e. The lowest BCUT2D eigenvalue weighted by Crippen LogP contribution is -2.10. The number of halogens is 2. The Morgan fingerprint density at radius 2 is 1.89 bits per heavy atom. The summed E-state index contributed by atoms with van der Waals surface area (Å²) in [5.74, 6) is -2.60. The number of rotatable bonds is 4. The van der Waals surface area contributed by atoms with E-state index < -0.39 is 22.9 Å². The van der Waals surface area contributed by atoms with Crippen molar-refractivity contribution >= 4 is 11.2 Å². The second-order valence-electron chi connectivity index (χ2n) is 5.86. The normalized spacial score (nSPS) is 11.1. The summed E-state index contributed by atoms with van der Waals surface area (Å²) in [5.41, 5.74) is 0.967. The van der Waals surface area contributed by atoms with Crippen molar-refractivity contribution in [3.8, 4) is 34.0 Å². The molecule has 0 saturated carbocycles. The Balaban J connectivity index is 1.86. The Kier molecular flexibility index (Phi) is 4.22. The Labute approximate surface area is 155 Å². The van der Waals surface area contributed by atoms with E-state index in [0.717, 1.165) is 12.1 Å². The average molecular weight is 385 g/mol. The van der Waals surface area contributed by atoms with E-state index in [2.05, 4.69) is 25.4 Å². The summed E-state index contributed by atoms with van der Waals surface area (Å²) in [5, 5.41) is 19.0. The number of nitrogens with zero attached hydrogens (tertiary/aromatic N) is 3. The van der Waals surface area contributed by atoms with Crippen molar-refractivity contribution in [3.05, 3.63) is 52.3 Å². The predicted molar refractivity (Wildman–Crippen MR) is 95.9 cm³/mol. The van der Waals surface area contributed by atoms with Gasteiger partial charge in [0.05, 0.1) is 12.2 Å². The number of hydrogen-bond acceptors (Lipinski definition) is 6. The molecule has 0 amide bonds. The fourth-order valence-corrected chi connectivity index (χ4v) is 2.79. The molecule has 3 N–H and O–H groups in total. The molecule has 0 aliphatic rings. The van der Waals surface area contributed by atoms with Crippen molar-refractivity contribution in [2.75, 3.05) is 6.61 Å². The second-order valence-corrected chi connectivity index (χ2v) is 5.86. The van der Waals surface area contributed by atoms with Gasteiger partial charge in [-0.2, -0.15) is 0 Å². The summed E-state index contributed by atoms with van der Waals surface area (Å²) < 4.78 is 33.0. The van der Waals surface area contributed by atoms with Crippen molar-refractivity contribution in [2.45, 2.75) is 6.92 Å². The van der Waals surface area contributed by atoms with Crippen LogP contribution in [0.4, 0.5) is 8.78 Å². The fraction of sp³-hybridized carbons (Fsp3) is 0.111. The molecule has 0 radical (unpaired) electrons. The maximum atomic E-state index is 13.7. The van der Waals surface area contributed by atoms with Gasteiger partial charge in [0.1, 0.15) is 11.6 Å². The maximum Gasteiger partial charge on any atom is 0.281 e. The molecular weight excluding hydrogens is 372 g/mol. The van der Waals surface area contributed by atoms with Crippen LogP contribution in [0.2, 0.25) is 0 Å². The van der Waals surface area contributed by atoms with E-state index in [1.54, 1.807) is 25.1 Å². The SMILES string of the molecule is CCOc1cc(-c2cc(F)c(O)c(F)c2)ccc1-c1nc2[nH]nnc2c(=O)[nH]1. The van der Waals surface area contributed by atoms with Crippen molar-refractivity contribution < 1.29 is 18.6 Å². The Bertz CT molecular complexity index is 1230. The topological polar surface area (TPSA) is 117 Å². The quantitative estimate of drug-likeness (QED) is 0.497. The van der Waals surface area contributed by atoms with Gasteiger partial charge in [-0.05, 0) is 42.3 Å². The lowest BCUT2D eigenvalue weighted by molar-refractivity contribution is 0.341. The molecule has 28 heavy (non-hydrogen) atoms. The highest BCUT2D eigenvalue weighted by molar-refractivity contribution is 5.76. The molecule has 0 atom stereocenters. The van der Waals surface area contributed by atoms with Gasteiger partial charge in [-0.15, -0.1) is 5.10 Å². The van der Waals surface area contributed by atoms with Crippen LogP contribution in [-0.4, -0.2) is 37.1 Å². The number of aromatic nitrogens is 5. The average Bonchev–Trinajstić information content (AvgIpc) is 3.15. The second kappa shape index (κ2) is 6.72. The standard InChI is InChI=1S/C18H13F2N5O3/c1-2-28-13-7-8(9-5-11(19)15(26)12(20)6-9)3-4-10(13)16-21-17-14(18(27)22-16)23-25-24-17/h3-7,26H,2H2,1H3,(H2,21,22,23,24,25,27). The van der Waals surface area contributed by atoms with Crippen LogP contribution in [0.3, 0.4) is 0 Å². The molecule has 8 nitrogen and oxygen atoms in total. The van der Waals surface area contributed by atoms with Gasteiger partial charge in [-0.1, -0.05) is 11.3 Å². The van der Waals surface area contributed by atoms with Gasteiger partial charge in [0.2, 0.25) is 0 Å². The zero-order valence-electron chi connectivity index (χ0n) is 14.5. The minimum atomic E-state index is -1.07. The first-order valence-electron chi connectivity index (χ1n) is 8.24. The van der Waals surface area contributed by atoms with Crippen LogP contribution < -0.4 is 10.3 Å². The molecule has 0 spiro atoms. The fourth-order valence-electron chi connectivity index (χ4n) is 2.79. The monoisotopic (exact) mass is 385 g/mol. The van der Waals surface area contributed by atoms with Crippen LogP contribution in [0.1, 0.15) is 6.92 Å².